The Morgan fingerprint density at radius 2 is 1.84 bits per heavy atom. The van der Waals surface area contributed by atoms with E-state index in [1.165, 1.54) is 18.1 Å². The van der Waals surface area contributed by atoms with Crippen molar-refractivity contribution in [2.24, 2.45) is 0 Å². The number of Topliss-reactive ketones (excluding diaryl/α,β-unsaturated/α-hetero) is 1. The van der Waals surface area contributed by atoms with Crippen LogP contribution in [0.25, 0.3) is 5.76 Å². The van der Waals surface area contributed by atoms with Gasteiger partial charge in [0, 0.05) is 19.2 Å². The number of aliphatic hydroxyl groups is 1. The molecule has 0 aliphatic carbocycles. The molecule has 6 nitrogen and oxygen atoms in total. The first kappa shape index (κ1) is 23.8. The molecule has 2 aromatic carbocycles. The minimum atomic E-state index is -0.735. The molecule has 32 heavy (non-hydrogen) atoms. The molecule has 1 aliphatic rings. The zero-order valence-corrected chi connectivity index (χ0v) is 19.5. The average Bonchev–Trinajstić information content (AvgIpc) is 3.03. The normalized spacial score (nSPS) is 17.9. The summed E-state index contributed by atoms with van der Waals surface area (Å²) in [6.45, 7) is 6.96. The number of amides is 1. The van der Waals surface area contributed by atoms with Gasteiger partial charge in [-0.25, -0.2) is 0 Å². The van der Waals surface area contributed by atoms with Crippen molar-refractivity contribution in [1.29, 1.82) is 0 Å². The van der Waals surface area contributed by atoms with E-state index in [2.05, 4.69) is 13.8 Å². The number of halogens is 1. The molecule has 1 fully saturated rings. The molecular weight excluding hydrogens is 430 g/mol. The van der Waals surface area contributed by atoms with Gasteiger partial charge in [-0.2, -0.15) is 0 Å². The quantitative estimate of drug-likeness (QED) is 0.345. The Kier molecular flexibility index (Phi) is 7.59. The molecular formula is C25H28ClNO5. The monoisotopic (exact) mass is 457 g/mol. The van der Waals surface area contributed by atoms with Crippen LogP contribution in [0, 0.1) is 0 Å². The molecule has 1 N–H and O–H groups in total. The molecule has 1 amide bonds. The first-order chi connectivity index (χ1) is 15.3. The van der Waals surface area contributed by atoms with Gasteiger partial charge in [0.25, 0.3) is 11.7 Å². The summed E-state index contributed by atoms with van der Waals surface area (Å²) in [5.41, 5.74) is 2.25. The van der Waals surface area contributed by atoms with Crippen molar-refractivity contribution >= 4 is 29.1 Å². The Hall–Kier alpha value is -2.83. The van der Waals surface area contributed by atoms with Crippen molar-refractivity contribution in [1.82, 2.24) is 4.90 Å². The smallest absolute Gasteiger partial charge is 0.295 e. The number of hydrogen-bond acceptors (Lipinski definition) is 5. The third-order valence-corrected chi connectivity index (χ3v) is 5.80. The molecule has 1 atom stereocenters. The molecule has 3 rings (SSSR count). The van der Waals surface area contributed by atoms with Gasteiger partial charge in [-0.1, -0.05) is 49.7 Å². The minimum absolute atomic E-state index is 0.0311. The van der Waals surface area contributed by atoms with Gasteiger partial charge in [-0.15, -0.1) is 0 Å². The van der Waals surface area contributed by atoms with Crippen LogP contribution in [0.3, 0.4) is 0 Å². The fourth-order valence-electron chi connectivity index (χ4n) is 3.79. The van der Waals surface area contributed by atoms with Gasteiger partial charge in [-0.05, 0) is 42.2 Å². The Morgan fingerprint density at radius 1 is 1.16 bits per heavy atom. The van der Waals surface area contributed by atoms with E-state index < -0.39 is 17.7 Å². The number of rotatable bonds is 8. The van der Waals surface area contributed by atoms with E-state index in [0.717, 1.165) is 11.1 Å². The lowest BCUT2D eigenvalue weighted by Gasteiger charge is -2.25. The van der Waals surface area contributed by atoms with Crippen LogP contribution in [-0.4, -0.2) is 48.6 Å². The predicted molar refractivity (Wildman–Crippen MR) is 124 cm³/mol. The van der Waals surface area contributed by atoms with E-state index in [-0.39, 0.29) is 24.5 Å². The maximum atomic E-state index is 13.0. The number of carbonyl (C=O) groups is 2. The lowest BCUT2D eigenvalue weighted by atomic mass is 9.93. The molecule has 0 aromatic heterocycles. The van der Waals surface area contributed by atoms with E-state index in [9.17, 15) is 14.7 Å². The summed E-state index contributed by atoms with van der Waals surface area (Å²) in [4.78, 5) is 27.3. The Morgan fingerprint density at radius 3 is 2.41 bits per heavy atom. The fraction of sp³-hybridized carbons (Fsp3) is 0.360. The highest BCUT2D eigenvalue weighted by Crippen LogP contribution is 2.40. The third-order valence-electron chi connectivity index (χ3n) is 5.50. The van der Waals surface area contributed by atoms with Gasteiger partial charge in [-0.3, -0.25) is 9.59 Å². The topological polar surface area (TPSA) is 76.1 Å². The molecule has 0 radical (unpaired) electrons. The average molecular weight is 458 g/mol. The van der Waals surface area contributed by atoms with Crippen LogP contribution in [0.1, 0.15) is 49.4 Å². The van der Waals surface area contributed by atoms with Crippen LogP contribution >= 0.6 is 11.6 Å². The van der Waals surface area contributed by atoms with E-state index >= 15 is 0 Å². The number of ether oxygens (including phenoxy) is 2. The van der Waals surface area contributed by atoms with Gasteiger partial charge in [0.15, 0.2) is 0 Å². The second-order valence-corrected chi connectivity index (χ2v) is 8.29. The number of nitrogens with zero attached hydrogens (tertiary/aromatic N) is 1. The third kappa shape index (κ3) is 4.66. The van der Waals surface area contributed by atoms with E-state index in [4.69, 9.17) is 21.1 Å². The Balaban J connectivity index is 2.12. The number of carbonyl (C=O) groups excluding carboxylic acids is 2. The molecule has 0 saturated carbocycles. The number of ketones is 1. The van der Waals surface area contributed by atoms with E-state index in [1.807, 2.05) is 31.2 Å². The van der Waals surface area contributed by atoms with Crippen LogP contribution in [0.15, 0.2) is 48.0 Å². The van der Waals surface area contributed by atoms with Crippen LogP contribution in [0.4, 0.5) is 0 Å². The summed E-state index contributed by atoms with van der Waals surface area (Å²) in [5.74, 6) is -0.853. The molecule has 170 valence electrons. The number of likely N-dealkylation sites (tertiary alicyclic amines) is 1. The van der Waals surface area contributed by atoms with Gasteiger partial charge in [0.1, 0.15) is 11.5 Å². The Labute approximate surface area is 193 Å². The highest BCUT2D eigenvalue weighted by molar-refractivity contribution is 6.46. The van der Waals surface area contributed by atoms with Gasteiger partial charge >= 0.3 is 0 Å². The largest absolute Gasteiger partial charge is 0.507 e. The molecule has 1 unspecified atom stereocenters. The minimum Gasteiger partial charge on any atom is -0.507 e. The number of methoxy groups -OCH3 is 1. The van der Waals surface area contributed by atoms with Crippen molar-refractivity contribution in [2.45, 2.75) is 32.7 Å². The first-order valence-corrected chi connectivity index (χ1v) is 11.0. The number of benzene rings is 2. The molecule has 7 heteroatoms. The zero-order valence-electron chi connectivity index (χ0n) is 18.7. The second-order valence-electron chi connectivity index (χ2n) is 7.88. The summed E-state index contributed by atoms with van der Waals surface area (Å²) >= 11 is 6.28. The number of aliphatic hydroxyl groups excluding tert-OH is 1. The zero-order chi connectivity index (χ0) is 23.4. The summed E-state index contributed by atoms with van der Waals surface area (Å²) in [7, 11) is 1.53. The lowest BCUT2D eigenvalue weighted by Crippen LogP contribution is -2.32. The summed E-state index contributed by atoms with van der Waals surface area (Å²) in [5, 5.41) is 11.4. The van der Waals surface area contributed by atoms with Crippen molar-refractivity contribution in [2.75, 3.05) is 26.9 Å². The van der Waals surface area contributed by atoms with Crippen molar-refractivity contribution in [3.63, 3.8) is 0 Å². The Bertz CT molecular complexity index is 1030. The second kappa shape index (κ2) is 10.2. The standard InChI is InChI=1S/C25H28ClNO5/c1-5-32-20-11-10-18(14-19(20)26)23(28)21-22(17-8-6-16(7-9-17)15(2)3)27(12-13-31-4)25(30)24(21)29/h6-11,14-15,22,28H,5,12-13H2,1-4H3/b23-21+. The van der Waals surface area contributed by atoms with E-state index in [0.29, 0.717) is 28.9 Å². The van der Waals surface area contributed by atoms with Gasteiger partial charge < -0.3 is 19.5 Å². The fourth-order valence-corrected chi connectivity index (χ4v) is 4.02. The molecule has 0 spiro atoms. The highest BCUT2D eigenvalue weighted by Gasteiger charge is 2.45. The number of hydrogen-bond donors (Lipinski definition) is 1. The molecule has 1 heterocycles. The molecule has 1 aliphatic heterocycles. The molecule has 0 bridgehead atoms. The first-order valence-electron chi connectivity index (χ1n) is 10.6. The SMILES string of the molecule is CCOc1ccc(/C(O)=C2\C(=O)C(=O)N(CCOC)C2c2ccc(C(C)C)cc2)cc1Cl. The van der Waals surface area contributed by atoms with Crippen LogP contribution in [0.5, 0.6) is 5.75 Å². The van der Waals surface area contributed by atoms with Crippen LogP contribution < -0.4 is 4.74 Å². The molecule has 1 saturated heterocycles. The van der Waals surface area contributed by atoms with Crippen LogP contribution in [-0.2, 0) is 14.3 Å². The predicted octanol–water partition coefficient (Wildman–Crippen LogP) is 4.93. The summed E-state index contributed by atoms with van der Waals surface area (Å²) in [6.07, 6.45) is 0. The van der Waals surface area contributed by atoms with Crippen molar-refractivity contribution in [3.8, 4) is 5.75 Å². The maximum Gasteiger partial charge on any atom is 0.295 e. The maximum absolute atomic E-state index is 13.0. The van der Waals surface area contributed by atoms with Gasteiger partial charge in [0.2, 0.25) is 0 Å². The van der Waals surface area contributed by atoms with E-state index in [1.54, 1.807) is 12.1 Å². The summed E-state index contributed by atoms with van der Waals surface area (Å²) in [6, 6.07) is 11.8. The summed E-state index contributed by atoms with van der Waals surface area (Å²) < 4.78 is 10.6. The van der Waals surface area contributed by atoms with Gasteiger partial charge in [0.05, 0.1) is 29.9 Å². The van der Waals surface area contributed by atoms with Crippen molar-refractivity contribution in [3.05, 3.63) is 69.8 Å². The highest BCUT2D eigenvalue weighted by atomic mass is 35.5. The van der Waals surface area contributed by atoms with Crippen molar-refractivity contribution < 1.29 is 24.2 Å². The lowest BCUT2D eigenvalue weighted by molar-refractivity contribution is -0.140. The molecule has 2 aromatic rings. The van der Waals surface area contributed by atoms with Crippen LogP contribution in [0.2, 0.25) is 5.02 Å².